The molecule has 2 N–H and O–H groups in total. The highest BCUT2D eigenvalue weighted by molar-refractivity contribution is 5.28. The molecule has 0 saturated heterocycles. The highest BCUT2D eigenvalue weighted by Crippen LogP contribution is 2.58. The molecule has 4 rings (SSSR count). The molecule has 98 valence electrons. The van der Waals surface area contributed by atoms with Gasteiger partial charge < -0.3 is 5.73 Å². The van der Waals surface area contributed by atoms with Crippen LogP contribution < -0.4 is 5.73 Å². The number of benzene rings is 1. The summed E-state index contributed by atoms with van der Waals surface area (Å²) in [6.45, 7) is 0.823. The largest absolute Gasteiger partial charge is 0.330 e. The van der Waals surface area contributed by atoms with Gasteiger partial charge in [-0.1, -0.05) is 12.1 Å². The summed E-state index contributed by atoms with van der Waals surface area (Å²) < 4.78 is 13.0. The molecule has 0 aromatic heterocycles. The smallest absolute Gasteiger partial charge is 0.123 e. The Morgan fingerprint density at radius 2 is 1.50 bits per heavy atom. The van der Waals surface area contributed by atoms with Crippen molar-refractivity contribution in [3.63, 3.8) is 0 Å². The Bertz CT molecular complexity index is 399. The quantitative estimate of drug-likeness (QED) is 0.864. The zero-order chi connectivity index (χ0) is 12.6. The first-order chi connectivity index (χ1) is 8.68. The summed E-state index contributed by atoms with van der Waals surface area (Å²) in [5.74, 6) is -0.126. The van der Waals surface area contributed by atoms with Crippen LogP contribution in [0.4, 0.5) is 4.39 Å². The van der Waals surface area contributed by atoms with E-state index in [-0.39, 0.29) is 5.82 Å². The maximum Gasteiger partial charge on any atom is 0.123 e. The highest BCUT2D eigenvalue weighted by Gasteiger charge is 2.48. The minimum absolute atomic E-state index is 0.126. The van der Waals surface area contributed by atoms with Crippen molar-refractivity contribution in [2.24, 2.45) is 11.1 Å². The summed E-state index contributed by atoms with van der Waals surface area (Å²) in [7, 11) is 0. The van der Waals surface area contributed by atoms with E-state index in [2.05, 4.69) is 0 Å². The third-order valence-electron chi connectivity index (χ3n) is 5.53. The Morgan fingerprint density at radius 1 is 0.944 bits per heavy atom. The molecule has 0 aliphatic heterocycles. The molecule has 18 heavy (non-hydrogen) atoms. The van der Waals surface area contributed by atoms with Crippen molar-refractivity contribution in [1.29, 1.82) is 0 Å². The number of rotatable bonds is 3. The molecule has 0 radical (unpaired) electrons. The van der Waals surface area contributed by atoms with E-state index in [9.17, 15) is 4.39 Å². The van der Waals surface area contributed by atoms with Crippen LogP contribution in [0.1, 0.15) is 50.5 Å². The summed E-state index contributed by atoms with van der Waals surface area (Å²) >= 11 is 0. The lowest BCUT2D eigenvalue weighted by molar-refractivity contribution is 0.0346. The first kappa shape index (κ1) is 12.2. The van der Waals surface area contributed by atoms with Crippen LogP contribution in [0.3, 0.4) is 0 Å². The molecular weight excluding hydrogens is 225 g/mol. The molecule has 1 aromatic rings. The van der Waals surface area contributed by atoms with E-state index in [0.29, 0.717) is 10.8 Å². The highest BCUT2D eigenvalue weighted by atomic mass is 19.1. The molecule has 2 heteroatoms. The van der Waals surface area contributed by atoms with Crippen molar-refractivity contribution >= 4 is 0 Å². The van der Waals surface area contributed by atoms with Gasteiger partial charge in [0.05, 0.1) is 0 Å². The van der Waals surface area contributed by atoms with Crippen molar-refractivity contribution in [1.82, 2.24) is 0 Å². The zero-order valence-corrected chi connectivity index (χ0v) is 10.9. The van der Waals surface area contributed by atoms with Crippen LogP contribution in [0.5, 0.6) is 0 Å². The van der Waals surface area contributed by atoms with E-state index in [1.54, 1.807) is 12.1 Å². The third-order valence-corrected chi connectivity index (χ3v) is 5.53. The predicted octanol–water partition coefficient (Wildman–Crippen LogP) is 3.77. The van der Waals surface area contributed by atoms with Crippen LogP contribution in [0.25, 0.3) is 0 Å². The van der Waals surface area contributed by atoms with Gasteiger partial charge in [0.2, 0.25) is 0 Å². The monoisotopic (exact) mass is 247 g/mol. The molecule has 3 fully saturated rings. The van der Waals surface area contributed by atoms with Gasteiger partial charge in [-0.15, -0.1) is 0 Å². The van der Waals surface area contributed by atoms with Crippen LogP contribution in [0.15, 0.2) is 24.3 Å². The van der Waals surface area contributed by atoms with E-state index >= 15 is 0 Å². The maximum atomic E-state index is 13.0. The van der Waals surface area contributed by atoms with Crippen LogP contribution in [-0.2, 0) is 5.41 Å². The second-order valence-electron chi connectivity index (χ2n) is 6.33. The van der Waals surface area contributed by atoms with E-state index in [4.69, 9.17) is 5.73 Å². The van der Waals surface area contributed by atoms with Gasteiger partial charge in [-0.3, -0.25) is 0 Å². The standard InChI is InChI=1S/C16H22FN/c17-14-3-1-13(2-4-14)16-8-5-15(6-9-16,7-10-16)11-12-18/h1-4H,5-12,18H2. The van der Waals surface area contributed by atoms with Crippen LogP contribution in [0.2, 0.25) is 0 Å². The molecule has 0 heterocycles. The average molecular weight is 247 g/mol. The molecule has 3 saturated carbocycles. The van der Waals surface area contributed by atoms with Gasteiger partial charge in [0.1, 0.15) is 5.82 Å². The topological polar surface area (TPSA) is 26.0 Å². The molecule has 0 amide bonds. The van der Waals surface area contributed by atoms with Crippen molar-refractivity contribution in [3.05, 3.63) is 35.6 Å². The van der Waals surface area contributed by atoms with Gasteiger partial charge in [0.25, 0.3) is 0 Å². The van der Waals surface area contributed by atoms with Gasteiger partial charge in [-0.2, -0.15) is 0 Å². The van der Waals surface area contributed by atoms with Gasteiger partial charge in [0, 0.05) is 0 Å². The Labute approximate surface area is 109 Å². The van der Waals surface area contributed by atoms with Gasteiger partial charge >= 0.3 is 0 Å². The molecule has 3 aliphatic carbocycles. The van der Waals surface area contributed by atoms with Gasteiger partial charge in [-0.25, -0.2) is 4.39 Å². The van der Waals surface area contributed by atoms with Gasteiger partial charge in [0.15, 0.2) is 0 Å². The molecule has 0 atom stereocenters. The SMILES string of the molecule is NCCC12CCC(c3ccc(F)cc3)(CC1)CC2. The van der Waals surface area contributed by atoms with E-state index in [0.717, 1.165) is 6.54 Å². The Hall–Kier alpha value is -0.890. The normalized spacial score (nSPS) is 34.8. The number of hydrogen-bond acceptors (Lipinski definition) is 1. The lowest BCUT2D eigenvalue weighted by Gasteiger charge is -2.54. The fourth-order valence-corrected chi connectivity index (χ4v) is 4.18. The fraction of sp³-hybridized carbons (Fsp3) is 0.625. The summed E-state index contributed by atoms with van der Waals surface area (Å²) in [6.07, 6.45) is 8.90. The number of halogens is 1. The first-order valence-corrected chi connectivity index (χ1v) is 7.14. The van der Waals surface area contributed by atoms with Crippen molar-refractivity contribution in [2.45, 2.75) is 50.4 Å². The van der Waals surface area contributed by atoms with Gasteiger partial charge in [-0.05, 0) is 80.0 Å². The van der Waals surface area contributed by atoms with E-state index < -0.39 is 0 Å². The number of hydrogen-bond donors (Lipinski definition) is 1. The third kappa shape index (κ3) is 1.87. The van der Waals surface area contributed by atoms with Crippen LogP contribution in [-0.4, -0.2) is 6.54 Å². The summed E-state index contributed by atoms with van der Waals surface area (Å²) in [5.41, 5.74) is 7.98. The molecule has 2 bridgehead atoms. The Kier molecular flexibility index (Phi) is 2.93. The van der Waals surface area contributed by atoms with E-state index in [1.165, 1.54) is 50.5 Å². The zero-order valence-electron chi connectivity index (χ0n) is 10.9. The first-order valence-electron chi connectivity index (χ1n) is 7.14. The Morgan fingerprint density at radius 3 is 2.00 bits per heavy atom. The second-order valence-corrected chi connectivity index (χ2v) is 6.33. The lowest BCUT2D eigenvalue weighted by Crippen LogP contribution is -2.44. The molecule has 1 nitrogen and oxygen atoms in total. The van der Waals surface area contributed by atoms with Crippen LogP contribution in [0, 0.1) is 11.2 Å². The molecular formula is C16H22FN. The predicted molar refractivity (Wildman–Crippen MR) is 71.9 cm³/mol. The lowest BCUT2D eigenvalue weighted by atomic mass is 9.51. The fourth-order valence-electron chi connectivity index (χ4n) is 4.18. The molecule has 0 spiro atoms. The second kappa shape index (κ2) is 4.34. The summed E-state index contributed by atoms with van der Waals surface area (Å²) in [4.78, 5) is 0. The molecule has 0 unspecified atom stereocenters. The molecule has 3 aliphatic rings. The summed E-state index contributed by atoms with van der Waals surface area (Å²) in [5, 5.41) is 0. The number of nitrogens with two attached hydrogens (primary N) is 1. The average Bonchev–Trinajstić information content (AvgIpc) is 2.42. The minimum Gasteiger partial charge on any atom is -0.330 e. The number of fused-ring (bicyclic) bond motifs is 3. The molecule has 1 aromatic carbocycles. The van der Waals surface area contributed by atoms with Crippen molar-refractivity contribution < 1.29 is 4.39 Å². The van der Waals surface area contributed by atoms with E-state index in [1.807, 2.05) is 12.1 Å². The minimum atomic E-state index is -0.126. The Balaban J connectivity index is 1.82. The maximum absolute atomic E-state index is 13.0. The van der Waals surface area contributed by atoms with Crippen LogP contribution >= 0.6 is 0 Å². The summed E-state index contributed by atoms with van der Waals surface area (Å²) in [6, 6.07) is 7.22. The van der Waals surface area contributed by atoms with Crippen molar-refractivity contribution in [2.75, 3.05) is 6.54 Å². The van der Waals surface area contributed by atoms with Crippen molar-refractivity contribution in [3.8, 4) is 0 Å².